The first kappa shape index (κ1) is 17.4. The molecule has 1 aliphatic rings. The third-order valence-electron chi connectivity index (χ3n) is 4.42. The normalized spacial score (nSPS) is 16.7. The molecule has 26 heavy (non-hydrogen) atoms. The molecule has 2 nitrogen and oxygen atoms in total. The number of hydrogen-bond donors (Lipinski definition) is 0. The molecule has 1 heterocycles. The highest BCUT2D eigenvalue weighted by Crippen LogP contribution is 2.37. The molecule has 0 aliphatic carbocycles. The zero-order valence-corrected chi connectivity index (χ0v) is 16.0. The molecule has 0 fully saturated rings. The van der Waals surface area contributed by atoms with Gasteiger partial charge in [-0.1, -0.05) is 65.1 Å². The molecule has 0 aromatic heterocycles. The second kappa shape index (κ2) is 7.32. The highest BCUT2D eigenvalue weighted by molar-refractivity contribution is 6.31. The van der Waals surface area contributed by atoms with Gasteiger partial charge in [0, 0.05) is 21.5 Å². The number of benzene rings is 3. The zero-order valence-electron chi connectivity index (χ0n) is 13.7. The molecular formula is C21H15Cl3N2. The predicted octanol–water partition coefficient (Wildman–Crippen LogP) is 7.00. The summed E-state index contributed by atoms with van der Waals surface area (Å²) >= 11 is 18.3. The van der Waals surface area contributed by atoms with Crippen molar-refractivity contribution in [3.8, 4) is 0 Å². The SMILES string of the molecule is Clc1ccc(C2=NN(c3cccc(Cl)c3)C(c3ccc(Cl)cc3)C2)cc1. The Morgan fingerprint density at radius 1 is 0.769 bits per heavy atom. The Labute approximate surface area is 167 Å². The molecule has 1 aliphatic heterocycles. The minimum Gasteiger partial charge on any atom is -0.257 e. The summed E-state index contributed by atoms with van der Waals surface area (Å²) in [6, 6.07) is 23.5. The fraction of sp³-hybridized carbons (Fsp3) is 0.0952. The molecule has 0 saturated carbocycles. The summed E-state index contributed by atoms with van der Waals surface area (Å²) in [6.07, 6.45) is 0.787. The summed E-state index contributed by atoms with van der Waals surface area (Å²) in [7, 11) is 0. The molecule has 1 unspecified atom stereocenters. The first-order valence-corrected chi connectivity index (χ1v) is 9.37. The lowest BCUT2D eigenvalue weighted by atomic mass is 9.98. The van der Waals surface area contributed by atoms with Crippen LogP contribution in [0.3, 0.4) is 0 Å². The summed E-state index contributed by atoms with van der Waals surface area (Å²) in [6.45, 7) is 0. The van der Waals surface area contributed by atoms with E-state index in [-0.39, 0.29) is 6.04 Å². The summed E-state index contributed by atoms with van der Waals surface area (Å²) in [5, 5.41) is 9.05. The molecule has 3 aromatic carbocycles. The predicted molar refractivity (Wildman–Crippen MR) is 111 cm³/mol. The standard InChI is InChI=1S/C21H15Cl3N2/c22-16-8-4-14(5-9-16)20-13-21(15-6-10-17(23)11-7-15)26(25-20)19-3-1-2-18(24)12-19/h1-12,21H,13H2. The van der Waals surface area contributed by atoms with E-state index in [0.29, 0.717) is 10.0 Å². The number of hydrogen-bond acceptors (Lipinski definition) is 2. The number of nitrogens with zero attached hydrogens (tertiary/aromatic N) is 2. The Balaban J connectivity index is 1.75. The van der Waals surface area contributed by atoms with Crippen molar-refractivity contribution >= 4 is 46.2 Å². The number of rotatable bonds is 3. The van der Waals surface area contributed by atoms with Crippen LogP contribution < -0.4 is 5.01 Å². The van der Waals surface area contributed by atoms with E-state index in [2.05, 4.69) is 0 Å². The molecule has 3 aromatic rings. The topological polar surface area (TPSA) is 15.6 Å². The Kier molecular flexibility index (Phi) is 4.90. The van der Waals surface area contributed by atoms with Crippen LogP contribution in [-0.4, -0.2) is 5.71 Å². The maximum atomic E-state index is 6.20. The van der Waals surface area contributed by atoms with Gasteiger partial charge in [-0.2, -0.15) is 5.10 Å². The molecule has 0 amide bonds. The second-order valence-electron chi connectivity index (χ2n) is 6.15. The largest absolute Gasteiger partial charge is 0.257 e. The van der Waals surface area contributed by atoms with Gasteiger partial charge in [0.25, 0.3) is 0 Å². The van der Waals surface area contributed by atoms with Crippen LogP contribution in [0.15, 0.2) is 77.9 Å². The van der Waals surface area contributed by atoms with E-state index < -0.39 is 0 Å². The van der Waals surface area contributed by atoms with Crippen LogP contribution in [-0.2, 0) is 0 Å². The van der Waals surface area contributed by atoms with Crippen molar-refractivity contribution in [1.82, 2.24) is 0 Å². The van der Waals surface area contributed by atoms with E-state index in [9.17, 15) is 0 Å². The summed E-state index contributed by atoms with van der Waals surface area (Å²) in [4.78, 5) is 0. The fourth-order valence-electron chi connectivity index (χ4n) is 3.13. The molecule has 4 rings (SSSR count). The minimum absolute atomic E-state index is 0.0800. The average molecular weight is 402 g/mol. The monoisotopic (exact) mass is 400 g/mol. The summed E-state index contributed by atoms with van der Waals surface area (Å²) in [5.41, 5.74) is 4.20. The average Bonchev–Trinajstić information content (AvgIpc) is 3.08. The Morgan fingerprint density at radius 2 is 1.42 bits per heavy atom. The lowest BCUT2D eigenvalue weighted by molar-refractivity contribution is 0.709. The van der Waals surface area contributed by atoms with Gasteiger partial charge in [0.1, 0.15) is 0 Å². The van der Waals surface area contributed by atoms with Crippen LogP contribution in [0.25, 0.3) is 0 Å². The summed E-state index contributed by atoms with van der Waals surface area (Å²) < 4.78 is 0. The van der Waals surface area contributed by atoms with Gasteiger partial charge in [0.2, 0.25) is 0 Å². The van der Waals surface area contributed by atoms with Crippen LogP contribution in [0.1, 0.15) is 23.6 Å². The van der Waals surface area contributed by atoms with Crippen molar-refractivity contribution in [2.24, 2.45) is 5.10 Å². The van der Waals surface area contributed by atoms with Crippen molar-refractivity contribution in [3.05, 3.63) is 99.0 Å². The van der Waals surface area contributed by atoms with Crippen LogP contribution >= 0.6 is 34.8 Å². The van der Waals surface area contributed by atoms with Gasteiger partial charge in [-0.25, -0.2) is 0 Å². The van der Waals surface area contributed by atoms with E-state index in [4.69, 9.17) is 39.9 Å². The van der Waals surface area contributed by atoms with Gasteiger partial charge in [-0.3, -0.25) is 5.01 Å². The van der Waals surface area contributed by atoms with Crippen molar-refractivity contribution < 1.29 is 0 Å². The van der Waals surface area contributed by atoms with Gasteiger partial charge >= 0.3 is 0 Å². The second-order valence-corrected chi connectivity index (χ2v) is 7.46. The van der Waals surface area contributed by atoms with Crippen LogP contribution in [0.4, 0.5) is 5.69 Å². The highest BCUT2D eigenvalue weighted by Gasteiger charge is 2.30. The van der Waals surface area contributed by atoms with Gasteiger partial charge in [-0.15, -0.1) is 0 Å². The van der Waals surface area contributed by atoms with Crippen molar-refractivity contribution in [2.45, 2.75) is 12.5 Å². The lowest BCUT2D eigenvalue weighted by Crippen LogP contribution is -2.18. The smallest absolute Gasteiger partial charge is 0.0831 e. The molecule has 0 spiro atoms. The lowest BCUT2D eigenvalue weighted by Gasteiger charge is -2.24. The molecule has 0 bridgehead atoms. The third kappa shape index (κ3) is 3.59. The van der Waals surface area contributed by atoms with E-state index >= 15 is 0 Å². The zero-order chi connectivity index (χ0) is 18.1. The quantitative estimate of drug-likeness (QED) is 0.461. The first-order valence-electron chi connectivity index (χ1n) is 8.24. The van der Waals surface area contributed by atoms with Gasteiger partial charge in [-0.05, 0) is 53.6 Å². The molecule has 0 radical (unpaired) electrons. The minimum atomic E-state index is 0.0800. The molecular weight excluding hydrogens is 387 g/mol. The van der Waals surface area contributed by atoms with Crippen LogP contribution in [0.2, 0.25) is 15.1 Å². The van der Waals surface area contributed by atoms with Gasteiger partial charge in [0.15, 0.2) is 0 Å². The Hall–Kier alpha value is -2.00. The van der Waals surface area contributed by atoms with Crippen LogP contribution in [0.5, 0.6) is 0 Å². The van der Waals surface area contributed by atoms with Crippen molar-refractivity contribution in [3.63, 3.8) is 0 Å². The molecule has 0 saturated heterocycles. The van der Waals surface area contributed by atoms with E-state index in [1.54, 1.807) is 0 Å². The van der Waals surface area contributed by atoms with Crippen molar-refractivity contribution in [2.75, 3.05) is 5.01 Å². The molecule has 5 heteroatoms. The third-order valence-corrected chi connectivity index (χ3v) is 5.15. The Bertz CT molecular complexity index is 950. The van der Waals surface area contributed by atoms with Gasteiger partial charge in [0.05, 0.1) is 17.4 Å². The van der Waals surface area contributed by atoms with E-state index in [1.165, 1.54) is 0 Å². The number of halogens is 3. The number of anilines is 1. The van der Waals surface area contributed by atoms with E-state index in [1.807, 2.05) is 77.8 Å². The maximum Gasteiger partial charge on any atom is 0.0831 e. The Morgan fingerprint density at radius 3 is 2.08 bits per heavy atom. The highest BCUT2D eigenvalue weighted by atomic mass is 35.5. The molecule has 130 valence electrons. The van der Waals surface area contributed by atoms with Crippen LogP contribution in [0, 0.1) is 0 Å². The fourth-order valence-corrected chi connectivity index (χ4v) is 3.56. The number of hydrazone groups is 1. The van der Waals surface area contributed by atoms with Crippen molar-refractivity contribution in [1.29, 1.82) is 0 Å². The van der Waals surface area contributed by atoms with Gasteiger partial charge < -0.3 is 0 Å². The summed E-state index contributed by atoms with van der Waals surface area (Å²) in [5.74, 6) is 0. The maximum absolute atomic E-state index is 6.20. The molecule has 0 N–H and O–H groups in total. The first-order chi connectivity index (χ1) is 12.6. The molecule has 1 atom stereocenters. The van der Waals surface area contributed by atoms with E-state index in [0.717, 1.165) is 34.0 Å².